The van der Waals surface area contributed by atoms with Crippen LogP contribution in [0.2, 0.25) is 0 Å². The van der Waals surface area contributed by atoms with Crippen LogP contribution in [0.1, 0.15) is 61.3 Å². The minimum atomic E-state index is -0.431. The summed E-state index contributed by atoms with van der Waals surface area (Å²) in [7, 11) is 0. The molecule has 1 aromatic carbocycles. The maximum atomic E-state index is 12.8. The summed E-state index contributed by atoms with van der Waals surface area (Å²) in [5.41, 5.74) is 2.03. The molecule has 4 rings (SSSR count). The van der Waals surface area contributed by atoms with E-state index in [-0.39, 0.29) is 5.69 Å². The number of carbonyl (C=O) groups excluding carboxylic acids is 1. The number of nitriles is 1. The molecule has 1 aliphatic rings. The Morgan fingerprint density at radius 3 is 2.84 bits per heavy atom. The monoisotopic (exact) mass is 434 g/mol. The van der Waals surface area contributed by atoms with Gasteiger partial charge in [0.05, 0.1) is 29.9 Å². The number of aromatic nitrogens is 3. The number of hydrogen-bond donors (Lipinski definition) is 2. The van der Waals surface area contributed by atoms with Gasteiger partial charge in [-0.25, -0.2) is 0 Å². The van der Waals surface area contributed by atoms with Crippen LogP contribution in [0.4, 0.5) is 5.69 Å². The van der Waals surface area contributed by atoms with Crippen LogP contribution >= 0.6 is 0 Å². The molecule has 8 heteroatoms. The molecule has 1 aliphatic carbocycles. The molecular weight excluding hydrogens is 406 g/mol. The summed E-state index contributed by atoms with van der Waals surface area (Å²) < 4.78 is 8.65. The zero-order valence-corrected chi connectivity index (χ0v) is 18.4. The molecule has 3 aromatic rings. The lowest BCUT2D eigenvalue weighted by molar-refractivity contribution is -0.909. The highest BCUT2D eigenvalue weighted by molar-refractivity contribution is 6.04. The molecule has 8 nitrogen and oxygen atoms in total. The Morgan fingerprint density at radius 1 is 1.34 bits per heavy atom. The Bertz CT molecular complexity index is 1170. The molecule has 0 radical (unpaired) electrons. The number of nitrogens with one attached hydrogen (secondary N) is 1. The molecule has 0 spiro atoms. The number of rotatable bonds is 6. The van der Waals surface area contributed by atoms with Crippen molar-refractivity contribution < 1.29 is 19.5 Å². The number of amides is 1. The maximum Gasteiger partial charge on any atom is 0.325 e. The van der Waals surface area contributed by atoms with Gasteiger partial charge in [-0.3, -0.25) is 14.7 Å². The average Bonchev–Trinajstić information content (AvgIpc) is 3.19. The van der Waals surface area contributed by atoms with Gasteiger partial charge >= 0.3 is 11.6 Å². The summed E-state index contributed by atoms with van der Waals surface area (Å²) >= 11 is 0. The number of ether oxygens (including phenoxy) is 1. The van der Waals surface area contributed by atoms with E-state index in [0.717, 1.165) is 41.3 Å². The van der Waals surface area contributed by atoms with Crippen LogP contribution in [0.25, 0.3) is 10.9 Å². The van der Waals surface area contributed by atoms with Crippen molar-refractivity contribution in [2.45, 2.75) is 52.0 Å². The third-order valence-corrected chi connectivity index (χ3v) is 6.13. The normalized spacial score (nSPS) is 18.3. The summed E-state index contributed by atoms with van der Waals surface area (Å²) in [5.74, 6) is 0.594. The summed E-state index contributed by atoms with van der Waals surface area (Å²) in [6.07, 6.45) is 6.73. The molecule has 2 N–H and O–H groups in total. The molecule has 0 saturated heterocycles. The highest BCUT2D eigenvalue weighted by Gasteiger charge is 2.25. The van der Waals surface area contributed by atoms with E-state index in [1.807, 2.05) is 29.9 Å². The lowest BCUT2D eigenvalue weighted by atomic mass is 9.84. The molecule has 0 unspecified atom stereocenters. The van der Waals surface area contributed by atoms with Crippen molar-refractivity contribution in [2.75, 3.05) is 11.9 Å². The molecule has 1 fully saturated rings. The smallest absolute Gasteiger partial charge is 0.325 e. The maximum absolute atomic E-state index is 12.8. The first-order chi connectivity index (χ1) is 15.5. The number of pyridine rings is 1. The minimum Gasteiger partial charge on any atom is -0.492 e. The van der Waals surface area contributed by atoms with E-state index in [0.29, 0.717) is 42.1 Å². The van der Waals surface area contributed by atoms with Crippen LogP contribution in [0.5, 0.6) is 5.75 Å². The van der Waals surface area contributed by atoms with Crippen molar-refractivity contribution in [3.63, 3.8) is 0 Å². The molecule has 166 valence electrons. The number of hydrogen-bond acceptors (Lipinski definition) is 5. The summed E-state index contributed by atoms with van der Waals surface area (Å²) in [6, 6.07) is 11.3. The highest BCUT2D eigenvalue weighted by atomic mass is 16.5. The number of carbonyl (C=O) groups is 1. The van der Waals surface area contributed by atoms with Gasteiger partial charge in [-0.1, -0.05) is 0 Å². The first-order valence-corrected chi connectivity index (χ1v) is 11.0. The van der Waals surface area contributed by atoms with E-state index in [4.69, 9.17) is 15.1 Å². The van der Waals surface area contributed by atoms with Crippen molar-refractivity contribution in [3.05, 3.63) is 47.9 Å². The molecule has 32 heavy (non-hydrogen) atoms. The molecule has 1 saturated carbocycles. The van der Waals surface area contributed by atoms with E-state index < -0.39 is 5.91 Å². The van der Waals surface area contributed by atoms with Gasteiger partial charge in [-0.15, -0.1) is 0 Å². The number of fused-ring (bicyclic) bond motifs is 1. The van der Waals surface area contributed by atoms with E-state index in [1.165, 1.54) is 0 Å². The lowest BCUT2D eigenvalue weighted by Gasteiger charge is -2.27. The van der Waals surface area contributed by atoms with E-state index in [9.17, 15) is 10.0 Å². The summed E-state index contributed by atoms with van der Waals surface area (Å²) in [4.78, 5) is 12.8. The fourth-order valence-electron chi connectivity index (χ4n) is 4.34. The Kier molecular flexibility index (Phi) is 6.26. The van der Waals surface area contributed by atoms with Gasteiger partial charge in [0.2, 0.25) is 5.69 Å². The first kappa shape index (κ1) is 21.6. The Hall–Kier alpha value is -3.60. The van der Waals surface area contributed by atoms with E-state index in [1.54, 1.807) is 25.1 Å². The topological polar surface area (TPSA) is 104 Å². The van der Waals surface area contributed by atoms with Crippen molar-refractivity contribution in [3.8, 4) is 11.8 Å². The van der Waals surface area contributed by atoms with Crippen molar-refractivity contribution in [2.24, 2.45) is 5.92 Å². The quantitative estimate of drug-likeness (QED) is 0.448. The van der Waals surface area contributed by atoms with E-state index >= 15 is 0 Å². The standard InChI is InChI=1S/C24H27N5O3/c1-3-32-23-14-20-18(15-28(27-20)19-9-7-17(8-10-19)11-12-25)13-21(23)26-24(30)22-6-4-5-16(2)29(22)31/h4-6,13-15,17,19H,3,7-11H2,1-2H3,(H-,26,30,31)/p+1. The van der Waals surface area contributed by atoms with Gasteiger partial charge in [0.15, 0.2) is 0 Å². The second-order valence-electron chi connectivity index (χ2n) is 8.30. The van der Waals surface area contributed by atoms with Crippen LogP contribution in [0.3, 0.4) is 0 Å². The molecular formula is C24H28N5O3+. The van der Waals surface area contributed by atoms with Gasteiger partial charge < -0.3 is 10.1 Å². The van der Waals surface area contributed by atoms with Gasteiger partial charge in [-0.2, -0.15) is 10.4 Å². The Balaban J connectivity index is 1.60. The molecule has 0 bridgehead atoms. The fourth-order valence-corrected chi connectivity index (χ4v) is 4.34. The molecule has 1 amide bonds. The second-order valence-corrected chi connectivity index (χ2v) is 8.30. The number of benzene rings is 1. The molecule has 0 atom stereocenters. The number of aryl methyl sites for hydroxylation is 1. The number of anilines is 1. The van der Waals surface area contributed by atoms with E-state index in [2.05, 4.69) is 11.4 Å². The van der Waals surface area contributed by atoms with Gasteiger partial charge in [0.25, 0.3) is 0 Å². The third kappa shape index (κ3) is 4.37. The van der Waals surface area contributed by atoms with Crippen LogP contribution in [0, 0.1) is 24.2 Å². The summed E-state index contributed by atoms with van der Waals surface area (Å²) in [5, 5.41) is 27.7. The van der Waals surface area contributed by atoms with Crippen molar-refractivity contribution in [1.29, 1.82) is 5.26 Å². The minimum absolute atomic E-state index is 0.136. The number of nitrogens with zero attached hydrogens (tertiary/aromatic N) is 4. The first-order valence-electron chi connectivity index (χ1n) is 11.0. The fraction of sp³-hybridized carbons (Fsp3) is 0.417. The SMILES string of the molecule is CCOc1cc2nn(C3CCC(CC#N)CC3)cc2cc1NC(=O)c1cccc(C)[n+]1O. The average molecular weight is 435 g/mol. The lowest BCUT2D eigenvalue weighted by Crippen LogP contribution is -2.42. The highest BCUT2D eigenvalue weighted by Crippen LogP contribution is 2.36. The predicted octanol–water partition coefficient (Wildman–Crippen LogP) is 4.17. The molecule has 0 aliphatic heterocycles. The predicted molar refractivity (Wildman–Crippen MR) is 119 cm³/mol. The van der Waals surface area contributed by atoms with Gasteiger partial charge in [0.1, 0.15) is 5.75 Å². The van der Waals surface area contributed by atoms with Crippen LogP contribution in [-0.2, 0) is 0 Å². The zero-order chi connectivity index (χ0) is 22.7. The summed E-state index contributed by atoms with van der Waals surface area (Å²) in [6.45, 7) is 4.05. The largest absolute Gasteiger partial charge is 0.492 e. The van der Waals surface area contributed by atoms with Crippen LogP contribution in [-0.4, -0.2) is 27.5 Å². The Morgan fingerprint density at radius 2 is 2.12 bits per heavy atom. The molecule has 2 heterocycles. The van der Waals surface area contributed by atoms with Crippen LogP contribution < -0.4 is 14.8 Å². The van der Waals surface area contributed by atoms with Crippen LogP contribution in [0.15, 0.2) is 36.5 Å². The second kappa shape index (κ2) is 9.27. The Labute approximate surface area is 187 Å². The molecule has 2 aromatic heterocycles. The zero-order valence-electron chi connectivity index (χ0n) is 18.4. The van der Waals surface area contributed by atoms with Gasteiger partial charge in [-0.05, 0) is 50.7 Å². The van der Waals surface area contributed by atoms with Gasteiger partial charge in [0, 0.05) is 47.9 Å². The third-order valence-electron chi connectivity index (χ3n) is 6.13. The van der Waals surface area contributed by atoms with Crippen molar-refractivity contribution >= 4 is 22.5 Å². The van der Waals surface area contributed by atoms with Crippen molar-refractivity contribution in [1.82, 2.24) is 9.78 Å².